The largest absolute Gasteiger partial charge is 0.391 e. The SMILES string of the molecule is Cc1ncsc1-c1ccc(CNC(=O)[C@@H]2C[C@@H](O)CN2C(=O)[C@H](NC(=O)CCOCCN)C(C)(C)C)cc1. The first kappa shape index (κ1) is 29.7. The first-order valence-electron chi connectivity index (χ1n) is 12.8. The number of benzene rings is 1. The summed E-state index contributed by atoms with van der Waals surface area (Å²) in [6.07, 6.45) is -0.593. The highest BCUT2D eigenvalue weighted by Crippen LogP contribution is 2.28. The van der Waals surface area contributed by atoms with Gasteiger partial charge in [-0.2, -0.15) is 0 Å². The topological polar surface area (TPSA) is 147 Å². The monoisotopic (exact) mass is 545 g/mol. The molecule has 10 nitrogen and oxygen atoms in total. The molecule has 0 radical (unpaired) electrons. The van der Waals surface area contributed by atoms with Crippen LogP contribution >= 0.6 is 11.3 Å². The number of β-amino-alcohol motifs (C(OH)–C–C–N with tert-alkyl or cyclic N) is 1. The van der Waals surface area contributed by atoms with E-state index in [4.69, 9.17) is 10.5 Å². The molecule has 0 spiro atoms. The highest BCUT2D eigenvalue weighted by molar-refractivity contribution is 7.13. The van der Waals surface area contributed by atoms with Crippen molar-refractivity contribution in [3.8, 4) is 10.4 Å². The van der Waals surface area contributed by atoms with Crippen LogP contribution in [-0.2, 0) is 25.7 Å². The van der Waals surface area contributed by atoms with Gasteiger partial charge in [0, 0.05) is 32.5 Å². The molecule has 2 heterocycles. The van der Waals surface area contributed by atoms with Gasteiger partial charge in [0.15, 0.2) is 0 Å². The third-order valence-corrected chi connectivity index (χ3v) is 7.42. The number of aromatic nitrogens is 1. The number of amides is 3. The van der Waals surface area contributed by atoms with Gasteiger partial charge in [-0.1, -0.05) is 45.0 Å². The van der Waals surface area contributed by atoms with E-state index in [0.29, 0.717) is 13.2 Å². The molecule has 1 aliphatic rings. The van der Waals surface area contributed by atoms with Gasteiger partial charge < -0.3 is 31.1 Å². The molecule has 3 rings (SSSR count). The molecule has 11 heteroatoms. The number of nitrogens with two attached hydrogens (primary N) is 1. The summed E-state index contributed by atoms with van der Waals surface area (Å²) >= 11 is 1.58. The average Bonchev–Trinajstić information content (AvgIpc) is 3.48. The number of aliphatic hydroxyl groups excluding tert-OH is 1. The van der Waals surface area contributed by atoms with E-state index in [2.05, 4.69) is 15.6 Å². The van der Waals surface area contributed by atoms with E-state index < -0.39 is 29.5 Å². The smallest absolute Gasteiger partial charge is 0.246 e. The van der Waals surface area contributed by atoms with Crippen LogP contribution in [0.15, 0.2) is 29.8 Å². The summed E-state index contributed by atoms with van der Waals surface area (Å²) < 4.78 is 5.27. The summed E-state index contributed by atoms with van der Waals surface area (Å²) in [6, 6.07) is 6.19. The van der Waals surface area contributed by atoms with Crippen LogP contribution < -0.4 is 16.4 Å². The summed E-state index contributed by atoms with van der Waals surface area (Å²) in [5, 5.41) is 16.0. The highest BCUT2D eigenvalue weighted by Gasteiger charge is 2.44. The number of carbonyl (C=O) groups excluding carboxylic acids is 3. The number of likely N-dealkylation sites (tertiary alicyclic amines) is 1. The zero-order valence-corrected chi connectivity index (χ0v) is 23.3. The van der Waals surface area contributed by atoms with E-state index in [9.17, 15) is 19.5 Å². The van der Waals surface area contributed by atoms with Crippen molar-refractivity contribution < 1.29 is 24.2 Å². The molecule has 2 aromatic rings. The van der Waals surface area contributed by atoms with Gasteiger partial charge in [0.25, 0.3) is 0 Å². The number of nitrogens with zero attached hydrogens (tertiary/aromatic N) is 2. The fraction of sp³-hybridized carbons (Fsp3) is 0.556. The molecule has 5 N–H and O–H groups in total. The molecular weight excluding hydrogens is 506 g/mol. The fourth-order valence-electron chi connectivity index (χ4n) is 4.36. The molecule has 208 valence electrons. The van der Waals surface area contributed by atoms with Crippen LogP contribution in [0.5, 0.6) is 0 Å². The first-order valence-corrected chi connectivity index (χ1v) is 13.7. The molecule has 1 fully saturated rings. The molecule has 1 saturated heterocycles. The van der Waals surface area contributed by atoms with Crippen molar-refractivity contribution in [1.82, 2.24) is 20.5 Å². The van der Waals surface area contributed by atoms with E-state index in [0.717, 1.165) is 21.7 Å². The lowest BCUT2D eigenvalue weighted by Gasteiger charge is -2.35. The number of thiazole rings is 1. The average molecular weight is 546 g/mol. The summed E-state index contributed by atoms with van der Waals surface area (Å²) in [5.74, 6) is -1.06. The van der Waals surface area contributed by atoms with Gasteiger partial charge in [-0.05, 0) is 23.5 Å². The molecule has 3 amide bonds. The van der Waals surface area contributed by atoms with Crippen molar-refractivity contribution in [1.29, 1.82) is 0 Å². The zero-order chi connectivity index (χ0) is 27.9. The van der Waals surface area contributed by atoms with Gasteiger partial charge in [-0.15, -0.1) is 11.3 Å². The van der Waals surface area contributed by atoms with Gasteiger partial charge >= 0.3 is 0 Å². The highest BCUT2D eigenvalue weighted by atomic mass is 32.1. The zero-order valence-electron chi connectivity index (χ0n) is 22.5. The number of aliphatic hydroxyl groups is 1. The van der Waals surface area contributed by atoms with Crippen molar-refractivity contribution in [3.05, 3.63) is 41.0 Å². The fourth-order valence-corrected chi connectivity index (χ4v) is 5.18. The van der Waals surface area contributed by atoms with Gasteiger partial charge in [-0.25, -0.2) is 4.98 Å². The maximum Gasteiger partial charge on any atom is 0.246 e. The molecule has 3 atom stereocenters. The lowest BCUT2D eigenvalue weighted by atomic mass is 9.85. The Bertz CT molecular complexity index is 1100. The molecule has 1 aliphatic heterocycles. The van der Waals surface area contributed by atoms with Crippen LogP contribution in [-0.4, -0.2) is 77.2 Å². The molecule has 1 aromatic heterocycles. The number of carbonyl (C=O) groups is 3. The molecule has 0 aliphatic carbocycles. The molecule has 0 unspecified atom stereocenters. The van der Waals surface area contributed by atoms with Crippen molar-refractivity contribution in [2.75, 3.05) is 26.3 Å². The molecule has 1 aromatic carbocycles. The Morgan fingerprint density at radius 3 is 2.55 bits per heavy atom. The van der Waals surface area contributed by atoms with Crippen LogP contribution in [0, 0.1) is 12.3 Å². The summed E-state index contributed by atoms with van der Waals surface area (Å²) in [6.45, 7) is 8.75. The Balaban J connectivity index is 1.63. The number of hydrogen-bond acceptors (Lipinski definition) is 8. The maximum atomic E-state index is 13.6. The molecule has 38 heavy (non-hydrogen) atoms. The second-order valence-electron chi connectivity index (χ2n) is 10.6. The van der Waals surface area contributed by atoms with E-state index in [1.165, 1.54) is 4.90 Å². The van der Waals surface area contributed by atoms with Crippen LogP contribution in [0.2, 0.25) is 0 Å². The van der Waals surface area contributed by atoms with Crippen LogP contribution in [0.3, 0.4) is 0 Å². The maximum absolute atomic E-state index is 13.6. The second kappa shape index (κ2) is 13.3. The minimum Gasteiger partial charge on any atom is -0.391 e. The molecular formula is C27H39N5O5S. The van der Waals surface area contributed by atoms with Gasteiger partial charge in [0.2, 0.25) is 17.7 Å². The predicted octanol–water partition coefficient (Wildman–Crippen LogP) is 1.59. The Kier molecular flexibility index (Phi) is 10.4. The standard InChI is InChI=1S/C27H39N5O5S/c1-17-23(38-16-30-17)19-7-5-18(6-8-19)14-29-25(35)21-13-20(33)15-32(21)26(36)24(27(2,3)4)31-22(34)9-11-37-12-10-28/h5-8,16,20-21,24,33H,9-15,28H2,1-4H3,(H,29,35)(H,31,34)/t20-,21+,24+/m1/s1. The molecule has 0 saturated carbocycles. The van der Waals surface area contributed by atoms with Crippen molar-refractivity contribution in [3.63, 3.8) is 0 Å². The Morgan fingerprint density at radius 2 is 1.95 bits per heavy atom. The van der Waals surface area contributed by atoms with Crippen LogP contribution in [0.1, 0.15) is 44.9 Å². The van der Waals surface area contributed by atoms with Crippen molar-refractivity contribution in [2.45, 2.75) is 65.3 Å². The van der Waals surface area contributed by atoms with E-state index in [-0.39, 0.29) is 44.4 Å². The van der Waals surface area contributed by atoms with Gasteiger partial charge in [0.1, 0.15) is 12.1 Å². The lowest BCUT2D eigenvalue weighted by Crippen LogP contribution is -2.57. The number of ether oxygens (including phenoxy) is 1. The number of nitrogens with one attached hydrogen (secondary N) is 2. The van der Waals surface area contributed by atoms with E-state index in [1.807, 2.05) is 57.5 Å². The normalized spacial score (nSPS) is 18.3. The number of rotatable bonds is 11. The third-order valence-electron chi connectivity index (χ3n) is 6.45. The van der Waals surface area contributed by atoms with E-state index >= 15 is 0 Å². The van der Waals surface area contributed by atoms with Crippen LogP contribution in [0.25, 0.3) is 10.4 Å². The van der Waals surface area contributed by atoms with Gasteiger partial charge in [0.05, 0.1) is 35.4 Å². The predicted molar refractivity (Wildman–Crippen MR) is 146 cm³/mol. The lowest BCUT2D eigenvalue weighted by molar-refractivity contribution is -0.144. The van der Waals surface area contributed by atoms with Crippen molar-refractivity contribution in [2.24, 2.45) is 11.1 Å². The number of aryl methyl sites for hydroxylation is 1. The second-order valence-corrected chi connectivity index (χ2v) is 11.4. The Labute approximate surface area is 228 Å². The number of hydrogen-bond donors (Lipinski definition) is 4. The van der Waals surface area contributed by atoms with Crippen LogP contribution in [0.4, 0.5) is 0 Å². The quantitative estimate of drug-likeness (QED) is 0.314. The summed E-state index contributed by atoms with van der Waals surface area (Å²) in [5.41, 5.74) is 9.55. The van der Waals surface area contributed by atoms with E-state index in [1.54, 1.807) is 11.3 Å². The molecule has 0 bridgehead atoms. The Hall–Kier alpha value is -2.86. The Morgan fingerprint density at radius 1 is 1.24 bits per heavy atom. The van der Waals surface area contributed by atoms with Gasteiger partial charge in [-0.3, -0.25) is 14.4 Å². The third kappa shape index (κ3) is 7.83. The minimum atomic E-state index is -0.868. The minimum absolute atomic E-state index is 0.0296. The summed E-state index contributed by atoms with van der Waals surface area (Å²) in [4.78, 5) is 46.0. The summed E-state index contributed by atoms with van der Waals surface area (Å²) in [7, 11) is 0. The first-order chi connectivity index (χ1) is 18.0. The van der Waals surface area contributed by atoms with Crippen molar-refractivity contribution >= 4 is 29.1 Å².